The Hall–Kier alpha value is -2.05. The molecule has 2 aromatic rings. The molecule has 0 atom stereocenters. The lowest BCUT2D eigenvalue weighted by Gasteiger charge is -1.91. The Labute approximate surface area is 65.6 Å². The summed E-state index contributed by atoms with van der Waals surface area (Å²) < 4.78 is 1.00. The summed E-state index contributed by atoms with van der Waals surface area (Å²) in [5.74, 6) is -1.10. The first-order chi connectivity index (χ1) is 5.79. The third-order valence-electron chi connectivity index (χ3n) is 1.29. The Morgan fingerprint density at radius 2 is 2.50 bits per heavy atom. The van der Waals surface area contributed by atoms with E-state index in [-0.39, 0.29) is 11.2 Å². The number of rotatable bonds is 1. The highest BCUT2D eigenvalue weighted by Gasteiger charge is 2.11. The molecule has 2 aromatic heterocycles. The minimum atomic E-state index is -1.10. The van der Waals surface area contributed by atoms with E-state index in [0.717, 1.165) is 4.63 Å². The van der Waals surface area contributed by atoms with Crippen molar-refractivity contribution in [2.75, 3.05) is 0 Å². The molecule has 0 aliphatic heterocycles. The number of fused-ring (bicyclic) bond motifs is 1. The maximum absolute atomic E-state index is 10.6. The molecule has 1 N–H and O–H groups in total. The van der Waals surface area contributed by atoms with E-state index in [0.29, 0.717) is 0 Å². The van der Waals surface area contributed by atoms with Crippen molar-refractivity contribution < 1.29 is 9.90 Å². The number of hydrogen-bond acceptors (Lipinski definition) is 5. The summed E-state index contributed by atoms with van der Waals surface area (Å²) in [6.45, 7) is 0. The summed E-state index contributed by atoms with van der Waals surface area (Å²) in [5.41, 5.74) is 0.0938. The smallest absolute Gasteiger partial charge is 0.339 e. The molecular weight excluding hydrogens is 162 g/mol. The van der Waals surface area contributed by atoms with Gasteiger partial charge in [-0.25, -0.2) is 4.79 Å². The van der Waals surface area contributed by atoms with E-state index >= 15 is 0 Å². The average Bonchev–Trinajstić information content (AvgIpc) is 2.49. The van der Waals surface area contributed by atoms with Gasteiger partial charge in [-0.15, -0.1) is 14.8 Å². The van der Waals surface area contributed by atoms with Crippen molar-refractivity contribution in [1.29, 1.82) is 0 Å². The highest BCUT2D eigenvalue weighted by atomic mass is 16.4. The Bertz CT molecular complexity index is 436. The van der Waals surface area contributed by atoms with E-state index in [1.807, 2.05) is 0 Å². The number of hydrogen-bond donors (Lipinski definition) is 1. The van der Waals surface area contributed by atoms with Crippen LogP contribution in [-0.4, -0.2) is 36.3 Å². The second-order valence-corrected chi connectivity index (χ2v) is 1.98. The summed E-state index contributed by atoms with van der Waals surface area (Å²) in [6, 6.07) is 1.22. The number of carboxylic acid groups (broad SMARTS) is 1. The zero-order valence-electron chi connectivity index (χ0n) is 5.67. The van der Waals surface area contributed by atoms with E-state index in [1.165, 1.54) is 6.07 Å². The van der Waals surface area contributed by atoms with Gasteiger partial charge in [0.2, 0.25) is 5.65 Å². The van der Waals surface area contributed by atoms with Crippen LogP contribution in [0, 0.1) is 6.20 Å². The molecule has 2 heterocycles. The lowest BCUT2D eigenvalue weighted by atomic mass is 10.3. The zero-order valence-corrected chi connectivity index (χ0v) is 5.67. The van der Waals surface area contributed by atoms with Crippen LogP contribution in [0.3, 0.4) is 0 Å². The Morgan fingerprint density at radius 3 is 3.25 bits per heavy atom. The topological polar surface area (TPSA) is 93.3 Å². The molecule has 7 nitrogen and oxygen atoms in total. The Balaban J connectivity index is 2.82. The molecule has 0 amide bonds. The van der Waals surface area contributed by atoms with Gasteiger partial charge >= 0.3 is 5.97 Å². The molecule has 0 aliphatic rings. The molecule has 12 heavy (non-hydrogen) atoms. The van der Waals surface area contributed by atoms with Crippen LogP contribution < -0.4 is 0 Å². The first-order valence-corrected chi connectivity index (χ1v) is 2.98. The van der Waals surface area contributed by atoms with Gasteiger partial charge in [0, 0.05) is 0 Å². The molecule has 59 valence electrons. The predicted molar refractivity (Wildman–Crippen MR) is 34.4 cm³/mol. The quantitative estimate of drug-likeness (QED) is 0.582. The molecule has 0 unspecified atom stereocenters. The third kappa shape index (κ3) is 0.797. The molecule has 0 saturated carbocycles. The first-order valence-electron chi connectivity index (χ1n) is 2.98. The SMILES string of the molecule is O=C(O)c1c[c]nn2nnnc12. The molecule has 0 aliphatic carbocycles. The third-order valence-corrected chi connectivity index (χ3v) is 1.29. The number of carbonyl (C=O) groups is 1. The highest BCUT2D eigenvalue weighted by molar-refractivity contribution is 5.93. The summed E-state index contributed by atoms with van der Waals surface area (Å²) in [5, 5.41) is 22.4. The normalized spacial score (nSPS) is 10.3. The minimum Gasteiger partial charge on any atom is -0.478 e. The molecule has 7 heteroatoms. The van der Waals surface area contributed by atoms with Crippen molar-refractivity contribution in [3.63, 3.8) is 0 Å². The van der Waals surface area contributed by atoms with Gasteiger partial charge in [-0.1, -0.05) is 0 Å². The van der Waals surface area contributed by atoms with Crippen molar-refractivity contribution in [1.82, 2.24) is 25.3 Å². The lowest BCUT2D eigenvalue weighted by molar-refractivity contribution is 0.0698. The van der Waals surface area contributed by atoms with Crippen LogP contribution in [-0.2, 0) is 0 Å². The molecule has 0 bridgehead atoms. The second-order valence-electron chi connectivity index (χ2n) is 1.98. The monoisotopic (exact) mass is 164 g/mol. The molecule has 0 fully saturated rings. The summed E-state index contributed by atoms with van der Waals surface area (Å²) in [6.07, 6.45) is 2.36. The zero-order chi connectivity index (χ0) is 8.55. The largest absolute Gasteiger partial charge is 0.478 e. The standard InChI is InChI=1S/C5H2N5O2/c11-5(12)3-1-2-6-10-4(3)7-8-9-10/h1H,(H,11,12). The molecule has 0 saturated heterocycles. The van der Waals surface area contributed by atoms with E-state index in [1.54, 1.807) is 0 Å². The first kappa shape index (κ1) is 6.65. The second kappa shape index (κ2) is 2.22. The van der Waals surface area contributed by atoms with E-state index in [2.05, 4.69) is 26.8 Å². The van der Waals surface area contributed by atoms with Crippen LogP contribution in [0.1, 0.15) is 10.4 Å². The fraction of sp³-hybridized carbons (Fsp3) is 0. The molecule has 0 spiro atoms. The van der Waals surface area contributed by atoms with Crippen molar-refractivity contribution >= 4 is 11.6 Å². The number of tetrazole rings is 1. The van der Waals surface area contributed by atoms with Gasteiger partial charge in [0.1, 0.15) is 11.8 Å². The fourth-order valence-corrected chi connectivity index (χ4v) is 0.782. The maximum Gasteiger partial charge on any atom is 0.339 e. The van der Waals surface area contributed by atoms with Gasteiger partial charge in [-0.2, -0.15) is 0 Å². The maximum atomic E-state index is 10.6. The summed E-state index contributed by atoms with van der Waals surface area (Å²) >= 11 is 0. The fourth-order valence-electron chi connectivity index (χ4n) is 0.782. The van der Waals surface area contributed by atoms with Gasteiger partial charge in [0.05, 0.1) is 0 Å². The summed E-state index contributed by atoms with van der Waals surface area (Å²) in [7, 11) is 0. The number of aromatic carboxylic acids is 1. The number of carboxylic acids is 1. The summed E-state index contributed by atoms with van der Waals surface area (Å²) in [4.78, 5) is 10.6. The van der Waals surface area contributed by atoms with Crippen LogP contribution in [0.5, 0.6) is 0 Å². The molecule has 0 aromatic carbocycles. The van der Waals surface area contributed by atoms with Crippen LogP contribution in [0.4, 0.5) is 0 Å². The van der Waals surface area contributed by atoms with Gasteiger partial charge in [-0.05, 0) is 16.5 Å². The van der Waals surface area contributed by atoms with E-state index < -0.39 is 5.97 Å². The average molecular weight is 164 g/mol. The van der Waals surface area contributed by atoms with Gasteiger partial charge in [0.15, 0.2) is 0 Å². The highest BCUT2D eigenvalue weighted by Crippen LogP contribution is 2.02. The minimum absolute atomic E-state index is 0.0185. The molecule has 2 rings (SSSR count). The van der Waals surface area contributed by atoms with Gasteiger partial charge < -0.3 is 5.11 Å². The molecular formula is C5H2N5O2. The molecule has 1 radical (unpaired) electrons. The van der Waals surface area contributed by atoms with Crippen molar-refractivity contribution in [3.8, 4) is 0 Å². The van der Waals surface area contributed by atoms with Crippen LogP contribution in [0.15, 0.2) is 6.07 Å². The Morgan fingerprint density at radius 1 is 1.67 bits per heavy atom. The van der Waals surface area contributed by atoms with Crippen LogP contribution >= 0.6 is 0 Å². The number of nitrogens with zero attached hydrogens (tertiary/aromatic N) is 5. The van der Waals surface area contributed by atoms with Crippen molar-refractivity contribution in [3.05, 3.63) is 17.8 Å². The van der Waals surface area contributed by atoms with Crippen molar-refractivity contribution in [2.24, 2.45) is 0 Å². The van der Waals surface area contributed by atoms with Gasteiger partial charge in [0.25, 0.3) is 0 Å². The van der Waals surface area contributed by atoms with E-state index in [9.17, 15) is 4.79 Å². The Kier molecular flexibility index (Phi) is 1.23. The van der Waals surface area contributed by atoms with Crippen molar-refractivity contribution in [2.45, 2.75) is 0 Å². The van der Waals surface area contributed by atoms with E-state index in [4.69, 9.17) is 5.11 Å². The number of aromatic nitrogens is 5. The van der Waals surface area contributed by atoms with Gasteiger partial charge in [-0.3, -0.25) is 0 Å². The predicted octanol–water partition coefficient (Wildman–Crippen LogP) is -0.982. The lowest BCUT2D eigenvalue weighted by Crippen LogP contribution is -2.03. The van der Waals surface area contributed by atoms with Crippen LogP contribution in [0.2, 0.25) is 0 Å². The van der Waals surface area contributed by atoms with Crippen LogP contribution in [0.25, 0.3) is 5.65 Å².